The number of para-hydroxylation sites is 2. The molecule has 0 bridgehead atoms. The van der Waals surface area contributed by atoms with E-state index in [4.69, 9.17) is 0 Å². The van der Waals surface area contributed by atoms with E-state index in [9.17, 15) is 4.79 Å². The third-order valence-corrected chi connectivity index (χ3v) is 9.20. The molecule has 2 nitrogen and oxygen atoms in total. The van der Waals surface area contributed by atoms with E-state index in [0.29, 0.717) is 6.42 Å². The predicted molar refractivity (Wildman–Crippen MR) is 141 cm³/mol. The molecule has 2 aliphatic rings. The zero-order valence-electron chi connectivity index (χ0n) is 17.4. The lowest BCUT2D eigenvalue weighted by atomic mass is 10.1. The molecule has 1 aliphatic carbocycles. The van der Waals surface area contributed by atoms with Crippen LogP contribution in [0.1, 0.15) is 20.8 Å². The number of nitrogens with zero attached hydrogens (tertiary/aromatic N) is 1. The Morgan fingerprint density at radius 1 is 0.848 bits per heavy atom. The number of rotatable bonds is 2. The Morgan fingerprint density at radius 3 is 2.39 bits per heavy atom. The zero-order chi connectivity index (χ0) is 21.9. The van der Waals surface area contributed by atoms with Crippen molar-refractivity contribution in [2.45, 2.75) is 16.2 Å². The topological polar surface area (TPSA) is 20.3 Å². The number of benzene rings is 3. The fourth-order valence-electron chi connectivity index (χ4n) is 4.64. The smallest absolute Gasteiger partial charge is 0.189 e. The van der Waals surface area contributed by atoms with Crippen LogP contribution in [-0.4, -0.2) is 5.78 Å². The van der Waals surface area contributed by atoms with E-state index in [1.165, 1.54) is 31.3 Å². The van der Waals surface area contributed by atoms with E-state index in [-0.39, 0.29) is 5.78 Å². The molecule has 7 rings (SSSR count). The van der Waals surface area contributed by atoms with Crippen molar-refractivity contribution in [1.82, 2.24) is 0 Å². The van der Waals surface area contributed by atoms with Gasteiger partial charge in [0.25, 0.3) is 0 Å². The minimum absolute atomic E-state index is 0.167. The van der Waals surface area contributed by atoms with Gasteiger partial charge in [-0.15, -0.1) is 22.7 Å². The Balaban J connectivity index is 1.27. The normalized spacial score (nSPS) is 15.7. The fraction of sp³-hybridized carbons (Fsp3) is 0.0357. The molecule has 3 aromatic carbocycles. The number of fused-ring (bicyclic) bond motifs is 4. The average molecular weight is 480 g/mol. The van der Waals surface area contributed by atoms with Crippen molar-refractivity contribution >= 4 is 72.8 Å². The number of carbonyl (C=O) groups excluding carboxylic acids is 1. The second-order valence-electron chi connectivity index (χ2n) is 8.19. The standard InChI is InChI=1S/C28H17NOS3/c30-28-19(14-18-13-17-11-12-31-26(17)16-21(18)28)15-20-9-10-27(32-20)29-22-5-1-3-7-24(22)33-25-8-4-2-6-23(25)29/h1-13,15-16H,14H2/b19-15+. The molecule has 3 heterocycles. The molecule has 0 amide bonds. The van der Waals surface area contributed by atoms with E-state index in [1.807, 2.05) is 11.8 Å². The molecule has 158 valence electrons. The zero-order valence-corrected chi connectivity index (χ0v) is 19.9. The lowest BCUT2D eigenvalue weighted by Crippen LogP contribution is -2.13. The number of allylic oxidation sites excluding steroid dienone is 1. The van der Waals surface area contributed by atoms with E-state index < -0.39 is 0 Å². The van der Waals surface area contributed by atoms with Crippen LogP contribution in [0.25, 0.3) is 16.2 Å². The van der Waals surface area contributed by atoms with Gasteiger partial charge in [0, 0.05) is 36.9 Å². The van der Waals surface area contributed by atoms with Crippen molar-refractivity contribution in [1.29, 1.82) is 0 Å². The van der Waals surface area contributed by atoms with Gasteiger partial charge in [0.05, 0.1) is 11.4 Å². The highest BCUT2D eigenvalue weighted by Gasteiger charge is 2.27. The first-order valence-corrected chi connectivity index (χ1v) is 13.3. The maximum atomic E-state index is 13.1. The van der Waals surface area contributed by atoms with Gasteiger partial charge < -0.3 is 0 Å². The van der Waals surface area contributed by atoms with Gasteiger partial charge in [-0.25, -0.2) is 0 Å². The Hall–Kier alpha value is -3.12. The summed E-state index contributed by atoms with van der Waals surface area (Å²) in [5.74, 6) is 0.167. The van der Waals surface area contributed by atoms with Gasteiger partial charge in [-0.1, -0.05) is 36.0 Å². The van der Waals surface area contributed by atoms with Crippen LogP contribution < -0.4 is 4.90 Å². The third-order valence-electron chi connectivity index (χ3n) is 6.18. The molecule has 0 N–H and O–H groups in total. The second-order valence-corrected chi connectivity index (χ2v) is 11.3. The van der Waals surface area contributed by atoms with Crippen molar-refractivity contribution in [3.8, 4) is 0 Å². The summed E-state index contributed by atoms with van der Waals surface area (Å²) in [5.41, 5.74) is 5.29. The molecule has 0 saturated heterocycles. The van der Waals surface area contributed by atoms with Gasteiger partial charge >= 0.3 is 0 Å². The van der Waals surface area contributed by atoms with Crippen molar-refractivity contribution in [3.63, 3.8) is 0 Å². The first kappa shape index (κ1) is 19.4. The molecule has 5 heteroatoms. The number of hydrogen-bond donors (Lipinski definition) is 0. The molecular formula is C28H17NOS3. The van der Waals surface area contributed by atoms with Crippen LogP contribution >= 0.6 is 34.4 Å². The molecular weight excluding hydrogens is 463 g/mol. The highest BCUT2D eigenvalue weighted by molar-refractivity contribution is 7.99. The Kier molecular flexibility index (Phi) is 4.37. The lowest BCUT2D eigenvalue weighted by molar-refractivity contribution is 0.104. The number of anilines is 3. The van der Waals surface area contributed by atoms with Gasteiger partial charge in [0.2, 0.25) is 0 Å². The van der Waals surface area contributed by atoms with E-state index in [0.717, 1.165) is 26.6 Å². The average Bonchev–Trinajstić information content (AvgIpc) is 3.56. The SMILES string of the molecule is O=C1/C(=C/c2ccc(N3c4ccccc4Sc4ccccc43)s2)Cc2cc3ccsc3cc21. The summed E-state index contributed by atoms with van der Waals surface area (Å²) in [6, 6.07) is 27.8. The van der Waals surface area contributed by atoms with Crippen LogP contribution in [0.4, 0.5) is 16.4 Å². The monoisotopic (exact) mass is 479 g/mol. The van der Waals surface area contributed by atoms with Crippen LogP contribution in [-0.2, 0) is 6.42 Å². The summed E-state index contributed by atoms with van der Waals surface area (Å²) >= 11 is 5.24. The van der Waals surface area contributed by atoms with Crippen LogP contribution in [0.2, 0.25) is 0 Å². The highest BCUT2D eigenvalue weighted by atomic mass is 32.2. The molecule has 1 aliphatic heterocycles. The van der Waals surface area contributed by atoms with Crippen LogP contribution in [0.5, 0.6) is 0 Å². The van der Waals surface area contributed by atoms with Gasteiger partial charge in [-0.2, -0.15) is 0 Å². The van der Waals surface area contributed by atoms with Crippen molar-refractivity contribution in [3.05, 3.63) is 106 Å². The van der Waals surface area contributed by atoms with Crippen LogP contribution in [0, 0.1) is 0 Å². The van der Waals surface area contributed by atoms with Crippen molar-refractivity contribution in [2.75, 3.05) is 4.90 Å². The second kappa shape index (κ2) is 7.45. The highest BCUT2D eigenvalue weighted by Crippen LogP contribution is 2.52. The molecule has 0 radical (unpaired) electrons. The number of carbonyl (C=O) groups is 1. The minimum Gasteiger partial charge on any atom is -0.300 e. The Labute approximate surface area is 203 Å². The first-order valence-electron chi connectivity index (χ1n) is 10.8. The Bertz CT molecular complexity index is 1560. The fourth-order valence-corrected chi connectivity index (χ4v) is 7.51. The lowest BCUT2D eigenvalue weighted by Gasteiger charge is -2.31. The van der Waals surface area contributed by atoms with Gasteiger partial charge in [-0.3, -0.25) is 9.69 Å². The summed E-state index contributed by atoms with van der Waals surface area (Å²) in [6.07, 6.45) is 2.79. The molecule has 2 aromatic heterocycles. The molecule has 0 saturated carbocycles. The largest absolute Gasteiger partial charge is 0.300 e. The van der Waals surface area contributed by atoms with E-state index in [1.54, 1.807) is 22.7 Å². The summed E-state index contributed by atoms with van der Waals surface area (Å²) in [4.78, 5) is 19.1. The predicted octanol–water partition coefficient (Wildman–Crippen LogP) is 8.72. The summed E-state index contributed by atoms with van der Waals surface area (Å²) in [6.45, 7) is 0. The van der Waals surface area contributed by atoms with Gasteiger partial charge in [-0.05, 0) is 77.0 Å². The summed E-state index contributed by atoms with van der Waals surface area (Å²) in [7, 11) is 0. The maximum absolute atomic E-state index is 13.1. The van der Waals surface area contributed by atoms with Gasteiger partial charge in [0.15, 0.2) is 5.78 Å². The van der Waals surface area contributed by atoms with E-state index >= 15 is 0 Å². The number of thiophene rings is 2. The first-order chi connectivity index (χ1) is 16.2. The summed E-state index contributed by atoms with van der Waals surface area (Å²) in [5, 5.41) is 4.47. The number of Topliss-reactive ketones (excluding diaryl/α,β-unsaturated/α-hetero) is 1. The molecule has 0 spiro atoms. The number of hydrogen-bond acceptors (Lipinski definition) is 5. The quantitative estimate of drug-likeness (QED) is 0.232. The minimum atomic E-state index is 0.167. The molecule has 33 heavy (non-hydrogen) atoms. The maximum Gasteiger partial charge on any atom is 0.189 e. The van der Waals surface area contributed by atoms with Crippen LogP contribution in [0.3, 0.4) is 0 Å². The van der Waals surface area contributed by atoms with E-state index in [2.05, 4.69) is 95.2 Å². The van der Waals surface area contributed by atoms with Gasteiger partial charge in [0.1, 0.15) is 5.00 Å². The van der Waals surface area contributed by atoms with Crippen molar-refractivity contribution in [2.24, 2.45) is 0 Å². The summed E-state index contributed by atoms with van der Waals surface area (Å²) < 4.78 is 1.18. The molecule has 5 aromatic rings. The number of ketones is 1. The van der Waals surface area contributed by atoms with Crippen molar-refractivity contribution < 1.29 is 4.79 Å². The molecule has 0 fully saturated rings. The third kappa shape index (κ3) is 3.11. The molecule has 0 unspecified atom stereocenters. The van der Waals surface area contributed by atoms with Crippen LogP contribution in [0.15, 0.2) is 99.6 Å². The molecule has 0 atom stereocenters. The Morgan fingerprint density at radius 2 is 1.61 bits per heavy atom.